The molecule has 1 aliphatic rings. The molecule has 0 fully saturated rings. The van der Waals surface area contributed by atoms with Gasteiger partial charge in [0.25, 0.3) is 5.91 Å². The van der Waals surface area contributed by atoms with Crippen molar-refractivity contribution >= 4 is 17.7 Å². The fourth-order valence-electron chi connectivity index (χ4n) is 2.78. The second kappa shape index (κ2) is 5.90. The smallest absolute Gasteiger partial charge is 0.410 e. The molecule has 3 heterocycles. The van der Waals surface area contributed by atoms with Gasteiger partial charge < -0.3 is 5.11 Å². The fraction of sp³-hybridized carbons (Fsp3) is 0.429. The van der Waals surface area contributed by atoms with Gasteiger partial charge in [-0.25, -0.2) is 9.48 Å². The van der Waals surface area contributed by atoms with Crippen molar-refractivity contribution in [2.75, 3.05) is 11.4 Å². The zero-order chi connectivity index (χ0) is 18.4. The molecule has 11 heteroatoms. The molecule has 0 saturated carbocycles. The Morgan fingerprint density at radius 3 is 2.68 bits per heavy atom. The monoisotopic (exact) mass is 357 g/mol. The number of carboxylic acid groups (broad SMARTS) is 1. The van der Waals surface area contributed by atoms with E-state index in [1.807, 2.05) is 0 Å². The van der Waals surface area contributed by atoms with Gasteiger partial charge >= 0.3 is 12.1 Å². The lowest BCUT2D eigenvalue weighted by atomic mass is 10.1. The number of amides is 1. The molecule has 2 atom stereocenters. The molecule has 2 aromatic rings. The van der Waals surface area contributed by atoms with E-state index in [2.05, 4.69) is 10.2 Å². The highest BCUT2D eigenvalue weighted by Crippen LogP contribution is 2.39. The van der Waals surface area contributed by atoms with Crippen LogP contribution in [0.4, 0.5) is 19.0 Å². The minimum absolute atomic E-state index is 0.0519. The zero-order valence-corrected chi connectivity index (χ0v) is 13.0. The molecule has 0 bridgehead atoms. The van der Waals surface area contributed by atoms with Crippen molar-refractivity contribution in [1.82, 2.24) is 19.6 Å². The maximum absolute atomic E-state index is 13.1. The molecule has 0 radical (unpaired) electrons. The van der Waals surface area contributed by atoms with Gasteiger partial charge in [-0.2, -0.15) is 23.4 Å². The maximum atomic E-state index is 13.1. The topological polar surface area (TPSA) is 93.2 Å². The molecule has 3 rings (SSSR count). The average Bonchev–Trinajstić information content (AvgIpc) is 3.20. The summed E-state index contributed by atoms with van der Waals surface area (Å²) in [5.74, 6) is -1.68. The summed E-state index contributed by atoms with van der Waals surface area (Å²) in [4.78, 5) is 24.8. The molecular formula is C14H14F3N5O3. The van der Waals surface area contributed by atoms with Crippen LogP contribution in [0.5, 0.6) is 0 Å². The third-order valence-corrected chi connectivity index (χ3v) is 4.07. The van der Waals surface area contributed by atoms with E-state index in [1.165, 1.54) is 41.0 Å². The van der Waals surface area contributed by atoms with Gasteiger partial charge in [0.1, 0.15) is 11.9 Å². The summed E-state index contributed by atoms with van der Waals surface area (Å²) in [7, 11) is 0. The molecular weight excluding hydrogens is 343 g/mol. The average molecular weight is 357 g/mol. The summed E-state index contributed by atoms with van der Waals surface area (Å²) >= 11 is 0. The van der Waals surface area contributed by atoms with Crippen molar-refractivity contribution in [2.24, 2.45) is 0 Å². The largest absolute Gasteiger partial charge is 0.476 e. The van der Waals surface area contributed by atoms with Crippen LogP contribution in [0.1, 0.15) is 35.9 Å². The van der Waals surface area contributed by atoms with Gasteiger partial charge in [-0.05, 0) is 19.4 Å². The lowest BCUT2D eigenvalue weighted by molar-refractivity contribution is -0.173. The molecule has 0 saturated heterocycles. The number of hydrogen-bond acceptors (Lipinski definition) is 4. The van der Waals surface area contributed by atoms with Gasteiger partial charge in [0.15, 0.2) is 11.7 Å². The van der Waals surface area contributed by atoms with Crippen molar-refractivity contribution in [2.45, 2.75) is 31.6 Å². The summed E-state index contributed by atoms with van der Waals surface area (Å²) in [5.41, 5.74) is -0.222. The number of anilines is 1. The van der Waals surface area contributed by atoms with Crippen LogP contribution in [0.25, 0.3) is 0 Å². The van der Waals surface area contributed by atoms with E-state index in [0.717, 1.165) is 4.68 Å². The van der Waals surface area contributed by atoms with E-state index >= 15 is 0 Å². The second-order valence-electron chi connectivity index (χ2n) is 5.63. The van der Waals surface area contributed by atoms with Crippen LogP contribution >= 0.6 is 0 Å². The first kappa shape index (κ1) is 17.0. The highest BCUT2D eigenvalue weighted by atomic mass is 19.4. The number of nitrogens with zero attached hydrogens (tertiary/aromatic N) is 5. The molecule has 1 N–H and O–H groups in total. The number of carboxylic acids is 1. The number of aromatic nitrogens is 4. The summed E-state index contributed by atoms with van der Waals surface area (Å²) in [5, 5.41) is 16.4. The van der Waals surface area contributed by atoms with E-state index in [0.29, 0.717) is 0 Å². The minimum atomic E-state index is -4.46. The number of halogens is 3. The Balaban J connectivity index is 1.86. The number of aromatic carboxylic acids is 1. The molecule has 25 heavy (non-hydrogen) atoms. The summed E-state index contributed by atoms with van der Waals surface area (Å²) in [6.45, 7) is 1.38. The standard InChI is InChI=1S/C14H14F3N5O3/c1-8(21-7-3-9(19-21)13(24)25)12(23)20-6-4-10(14(15,16)17)22-11(20)2-5-18-22/h2-3,5,7-8,10H,4,6H2,1H3,(H,24,25). The van der Waals surface area contributed by atoms with Crippen LogP contribution in [0, 0.1) is 0 Å². The van der Waals surface area contributed by atoms with Gasteiger partial charge in [0, 0.05) is 18.8 Å². The molecule has 0 aliphatic carbocycles. The van der Waals surface area contributed by atoms with Crippen LogP contribution in [0.15, 0.2) is 24.5 Å². The Bertz CT molecular complexity index is 813. The normalized spacial score (nSPS) is 18.7. The van der Waals surface area contributed by atoms with E-state index in [-0.39, 0.29) is 24.5 Å². The Labute approximate surface area is 139 Å². The molecule has 0 aromatic carbocycles. The molecule has 2 aromatic heterocycles. The van der Waals surface area contributed by atoms with Gasteiger partial charge in [0.2, 0.25) is 0 Å². The maximum Gasteiger partial charge on any atom is 0.410 e. The van der Waals surface area contributed by atoms with Crippen molar-refractivity contribution in [3.63, 3.8) is 0 Å². The summed E-state index contributed by atoms with van der Waals surface area (Å²) in [6.07, 6.45) is -2.22. The van der Waals surface area contributed by atoms with Gasteiger partial charge in [-0.1, -0.05) is 0 Å². The molecule has 134 valence electrons. The number of carbonyl (C=O) groups excluding carboxylic acids is 1. The summed E-state index contributed by atoms with van der Waals surface area (Å²) in [6, 6.07) is -0.0698. The Kier molecular flexibility index (Phi) is 4.01. The first-order valence-corrected chi connectivity index (χ1v) is 7.40. The van der Waals surface area contributed by atoms with Crippen molar-refractivity contribution < 1.29 is 27.9 Å². The Hall–Kier alpha value is -2.85. The third-order valence-electron chi connectivity index (χ3n) is 4.07. The Morgan fingerprint density at radius 2 is 2.08 bits per heavy atom. The number of rotatable bonds is 3. The lowest BCUT2D eigenvalue weighted by Crippen LogP contribution is -2.45. The highest BCUT2D eigenvalue weighted by molar-refractivity contribution is 5.95. The zero-order valence-electron chi connectivity index (χ0n) is 13.0. The van der Waals surface area contributed by atoms with Crippen LogP contribution in [-0.4, -0.2) is 49.3 Å². The van der Waals surface area contributed by atoms with E-state index in [4.69, 9.17) is 5.11 Å². The van der Waals surface area contributed by atoms with Crippen LogP contribution in [-0.2, 0) is 4.79 Å². The fourth-order valence-corrected chi connectivity index (χ4v) is 2.78. The molecule has 2 unspecified atom stereocenters. The number of alkyl halides is 3. The van der Waals surface area contributed by atoms with E-state index < -0.39 is 30.1 Å². The number of hydrogen-bond donors (Lipinski definition) is 1. The molecule has 1 aliphatic heterocycles. The van der Waals surface area contributed by atoms with Gasteiger partial charge in [0.05, 0.1) is 6.20 Å². The van der Waals surface area contributed by atoms with Crippen molar-refractivity contribution in [3.8, 4) is 0 Å². The van der Waals surface area contributed by atoms with Crippen molar-refractivity contribution in [3.05, 3.63) is 30.2 Å². The van der Waals surface area contributed by atoms with E-state index in [9.17, 15) is 22.8 Å². The van der Waals surface area contributed by atoms with Crippen LogP contribution in [0.2, 0.25) is 0 Å². The van der Waals surface area contributed by atoms with E-state index in [1.54, 1.807) is 0 Å². The molecule has 1 amide bonds. The summed E-state index contributed by atoms with van der Waals surface area (Å²) < 4.78 is 41.2. The van der Waals surface area contributed by atoms with Gasteiger partial charge in [-0.3, -0.25) is 14.4 Å². The number of fused-ring (bicyclic) bond motifs is 1. The SMILES string of the molecule is CC(C(=O)N1CCC(C(F)(F)F)n2nccc21)n1ccc(C(=O)O)n1. The second-order valence-corrected chi connectivity index (χ2v) is 5.63. The quantitative estimate of drug-likeness (QED) is 0.905. The minimum Gasteiger partial charge on any atom is -0.476 e. The predicted octanol–water partition coefficient (Wildman–Crippen LogP) is 1.88. The first-order chi connectivity index (χ1) is 11.7. The third kappa shape index (κ3) is 2.96. The number of carbonyl (C=O) groups is 2. The lowest BCUT2D eigenvalue weighted by Gasteiger charge is -2.35. The highest BCUT2D eigenvalue weighted by Gasteiger charge is 2.46. The Morgan fingerprint density at radius 1 is 1.36 bits per heavy atom. The van der Waals surface area contributed by atoms with Gasteiger partial charge in [-0.15, -0.1) is 0 Å². The van der Waals surface area contributed by atoms with Crippen LogP contribution < -0.4 is 4.90 Å². The predicted molar refractivity (Wildman–Crippen MR) is 78.2 cm³/mol. The molecule has 8 nitrogen and oxygen atoms in total. The van der Waals surface area contributed by atoms with Crippen molar-refractivity contribution in [1.29, 1.82) is 0 Å². The van der Waals surface area contributed by atoms with Crippen LogP contribution in [0.3, 0.4) is 0 Å². The first-order valence-electron chi connectivity index (χ1n) is 7.40. The molecule has 0 spiro atoms.